The zero-order valence-electron chi connectivity index (χ0n) is 9.35. The summed E-state index contributed by atoms with van der Waals surface area (Å²) >= 11 is 9.21. The van der Waals surface area contributed by atoms with Gasteiger partial charge in [-0.25, -0.2) is 4.98 Å². The molecule has 1 aliphatic rings. The summed E-state index contributed by atoms with van der Waals surface area (Å²) in [5, 5.41) is 2.68. The van der Waals surface area contributed by atoms with E-state index in [1.54, 1.807) is 12.3 Å². The average molecular weight is 425 g/mol. The molecule has 1 N–H and O–H groups in total. The summed E-state index contributed by atoms with van der Waals surface area (Å²) in [6, 6.07) is 1.80. The molecule has 2 amide bonds. The number of pyridine rings is 1. The van der Waals surface area contributed by atoms with Gasteiger partial charge in [0, 0.05) is 10.7 Å². The van der Waals surface area contributed by atoms with Crippen molar-refractivity contribution in [3.63, 3.8) is 0 Å². The Labute approximate surface area is 134 Å². The van der Waals surface area contributed by atoms with Crippen molar-refractivity contribution in [2.24, 2.45) is 4.99 Å². The highest BCUT2D eigenvalue weighted by Crippen LogP contribution is 2.25. The van der Waals surface area contributed by atoms with Gasteiger partial charge in [0.2, 0.25) is 5.91 Å². The van der Waals surface area contributed by atoms with Crippen LogP contribution in [0.15, 0.2) is 26.2 Å². The molecular weight excluding hydrogens is 418 g/mol. The van der Waals surface area contributed by atoms with E-state index in [4.69, 9.17) is 0 Å². The van der Waals surface area contributed by atoms with Crippen molar-refractivity contribution < 1.29 is 9.59 Å². The first-order chi connectivity index (χ1) is 9.04. The van der Waals surface area contributed by atoms with E-state index in [0.717, 1.165) is 4.47 Å². The number of halogens is 2. The van der Waals surface area contributed by atoms with Gasteiger partial charge >= 0.3 is 0 Å². The minimum absolute atomic E-state index is 0.148. The Kier molecular flexibility index (Phi) is 5.43. The number of aromatic nitrogens is 1. The van der Waals surface area contributed by atoms with Crippen LogP contribution < -0.4 is 5.32 Å². The molecule has 0 atom stereocenters. The monoisotopic (exact) mass is 423 g/mol. The summed E-state index contributed by atoms with van der Waals surface area (Å²) in [5.41, 5.74) is 0. The lowest BCUT2D eigenvalue weighted by Crippen LogP contribution is -2.16. The molecule has 1 aliphatic heterocycles. The maximum absolute atomic E-state index is 11.7. The predicted molar refractivity (Wildman–Crippen MR) is 85.6 cm³/mol. The Balaban J connectivity index is 1.87. The highest BCUT2D eigenvalue weighted by molar-refractivity contribution is 9.11. The van der Waals surface area contributed by atoms with Crippen LogP contribution in [0.5, 0.6) is 0 Å². The van der Waals surface area contributed by atoms with Crippen molar-refractivity contribution in [2.45, 2.75) is 0 Å². The molecule has 0 spiro atoms. The number of anilines is 1. The van der Waals surface area contributed by atoms with Crippen molar-refractivity contribution >= 4 is 77.4 Å². The number of nitrogens with zero attached hydrogens (tertiary/aromatic N) is 2. The molecule has 0 fully saturated rings. The van der Waals surface area contributed by atoms with Gasteiger partial charge < -0.3 is 5.32 Å². The fraction of sp³-hybridized carbons (Fsp3) is 0.200. The molecule has 2 heterocycles. The van der Waals surface area contributed by atoms with Crippen LogP contribution in [0.4, 0.5) is 5.82 Å². The first-order valence-corrected chi connectivity index (χ1v) is 8.58. The highest BCUT2D eigenvalue weighted by Gasteiger charge is 2.16. The SMILES string of the molecule is O=C1CSC(SCC(=O)Nc2ncc(Br)cc2Br)=N1. The number of carbonyl (C=O) groups is 2. The van der Waals surface area contributed by atoms with Gasteiger partial charge in [-0.3, -0.25) is 9.59 Å². The number of hydrogen-bond donors (Lipinski definition) is 1. The number of carbonyl (C=O) groups excluding carboxylic acids is 2. The van der Waals surface area contributed by atoms with E-state index in [-0.39, 0.29) is 17.6 Å². The lowest BCUT2D eigenvalue weighted by atomic mass is 10.4. The van der Waals surface area contributed by atoms with Gasteiger partial charge in [0.25, 0.3) is 5.91 Å². The largest absolute Gasteiger partial charge is 0.309 e. The Morgan fingerprint density at radius 3 is 2.95 bits per heavy atom. The summed E-state index contributed by atoms with van der Waals surface area (Å²) in [6.07, 6.45) is 1.60. The number of thioether (sulfide) groups is 2. The van der Waals surface area contributed by atoms with Gasteiger partial charge in [-0.2, -0.15) is 4.99 Å². The second-order valence-corrected chi connectivity index (χ2v) is 7.34. The smallest absolute Gasteiger partial charge is 0.257 e. The number of hydrogen-bond acceptors (Lipinski definition) is 5. The molecule has 1 aromatic rings. The number of rotatable bonds is 3. The van der Waals surface area contributed by atoms with E-state index in [1.807, 2.05) is 0 Å². The maximum Gasteiger partial charge on any atom is 0.257 e. The molecule has 0 bridgehead atoms. The zero-order chi connectivity index (χ0) is 13.8. The molecule has 0 saturated carbocycles. The predicted octanol–water partition coefficient (Wildman–Crippen LogP) is 2.91. The average Bonchev–Trinajstić information content (AvgIpc) is 2.76. The summed E-state index contributed by atoms with van der Waals surface area (Å²) in [6.45, 7) is 0. The molecule has 0 unspecified atom stereocenters. The molecule has 0 aliphatic carbocycles. The second kappa shape index (κ2) is 6.87. The minimum Gasteiger partial charge on any atom is -0.309 e. The molecule has 9 heteroatoms. The normalized spacial score (nSPS) is 14.4. The molecular formula is C10H7Br2N3O2S2. The molecule has 0 aromatic carbocycles. The van der Waals surface area contributed by atoms with E-state index in [0.29, 0.717) is 20.4 Å². The fourth-order valence-corrected chi connectivity index (χ4v) is 3.91. The van der Waals surface area contributed by atoms with Gasteiger partial charge in [-0.1, -0.05) is 23.5 Å². The Bertz CT molecular complexity index is 566. The highest BCUT2D eigenvalue weighted by atomic mass is 79.9. The molecule has 0 radical (unpaired) electrons. The van der Waals surface area contributed by atoms with Crippen molar-refractivity contribution in [2.75, 3.05) is 16.8 Å². The molecule has 0 saturated heterocycles. The van der Waals surface area contributed by atoms with Gasteiger partial charge in [0.1, 0.15) is 10.2 Å². The lowest BCUT2D eigenvalue weighted by molar-refractivity contribution is -0.115. The van der Waals surface area contributed by atoms with Gasteiger partial charge in [0.15, 0.2) is 0 Å². The van der Waals surface area contributed by atoms with E-state index < -0.39 is 0 Å². The molecule has 100 valence electrons. The van der Waals surface area contributed by atoms with Crippen LogP contribution >= 0.6 is 55.4 Å². The zero-order valence-corrected chi connectivity index (χ0v) is 14.2. The van der Waals surface area contributed by atoms with Gasteiger partial charge in [-0.05, 0) is 37.9 Å². The Morgan fingerprint density at radius 1 is 1.53 bits per heavy atom. The Morgan fingerprint density at radius 2 is 2.32 bits per heavy atom. The summed E-state index contributed by atoms with van der Waals surface area (Å²) in [4.78, 5) is 30.5. The van der Waals surface area contributed by atoms with E-state index in [2.05, 4.69) is 47.2 Å². The fourth-order valence-electron chi connectivity index (χ4n) is 1.17. The summed E-state index contributed by atoms with van der Waals surface area (Å²) < 4.78 is 2.16. The minimum atomic E-state index is -0.192. The van der Waals surface area contributed by atoms with Crippen molar-refractivity contribution in [3.05, 3.63) is 21.2 Å². The molecule has 1 aromatic heterocycles. The number of amides is 2. The van der Waals surface area contributed by atoms with Crippen LogP contribution in [0, 0.1) is 0 Å². The van der Waals surface area contributed by atoms with Crippen molar-refractivity contribution in [1.82, 2.24) is 4.98 Å². The molecule has 19 heavy (non-hydrogen) atoms. The third-order valence-corrected chi connectivity index (χ3v) is 5.15. The first-order valence-electron chi connectivity index (χ1n) is 5.02. The summed E-state index contributed by atoms with van der Waals surface area (Å²) in [5.74, 6) is 0.687. The third-order valence-electron chi connectivity index (χ3n) is 1.93. The van der Waals surface area contributed by atoms with Gasteiger partial charge in [0.05, 0.1) is 16.0 Å². The first kappa shape index (κ1) is 15.0. The van der Waals surface area contributed by atoms with E-state index in [1.165, 1.54) is 23.5 Å². The maximum atomic E-state index is 11.7. The lowest BCUT2D eigenvalue weighted by Gasteiger charge is -2.06. The van der Waals surface area contributed by atoms with Crippen molar-refractivity contribution in [1.29, 1.82) is 0 Å². The quantitative estimate of drug-likeness (QED) is 0.807. The Hall–Kier alpha value is -0.380. The van der Waals surface area contributed by atoms with Crippen LogP contribution in [0.3, 0.4) is 0 Å². The molecule has 5 nitrogen and oxygen atoms in total. The molecule has 2 rings (SSSR count). The second-order valence-electron chi connectivity index (χ2n) is 3.38. The number of nitrogens with one attached hydrogen (secondary N) is 1. The van der Waals surface area contributed by atoms with Crippen LogP contribution in [0.2, 0.25) is 0 Å². The van der Waals surface area contributed by atoms with Crippen LogP contribution in [-0.2, 0) is 9.59 Å². The van der Waals surface area contributed by atoms with E-state index in [9.17, 15) is 9.59 Å². The topological polar surface area (TPSA) is 71.4 Å². The third kappa shape index (κ3) is 4.59. The van der Waals surface area contributed by atoms with Crippen LogP contribution in [-0.4, -0.2) is 32.7 Å². The summed E-state index contributed by atoms with van der Waals surface area (Å²) in [7, 11) is 0. The standard InChI is InChI=1S/C10H7Br2N3O2S2/c11-5-1-6(12)9(13-2-5)14-7(16)3-18-10-15-8(17)4-19-10/h1-2H,3-4H2,(H,13,14,16). The van der Waals surface area contributed by atoms with Crippen LogP contribution in [0.25, 0.3) is 0 Å². The van der Waals surface area contributed by atoms with E-state index >= 15 is 0 Å². The number of aliphatic imine (C=N–C) groups is 1. The van der Waals surface area contributed by atoms with Crippen molar-refractivity contribution in [3.8, 4) is 0 Å². The van der Waals surface area contributed by atoms with Crippen LogP contribution in [0.1, 0.15) is 0 Å². The van der Waals surface area contributed by atoms with Gasteiger partial charge in [-0.15, -0.1) is 0 Å².